The number of phosphoric ester groups is 2. The monoisotopic (exact) mass is 825 g/mol. The highest BCUT2D eigenvalue weighted by Gasteiger charge is 2.13. The first kappa shape index (κ1) is 58.3. The number of hydrogen-bond donors (Lipinski definition) is 6. The van der Waals surface area contributed by atoms with Crippen LogP contribution in [-0.2, 0) is 37.1 Å². The van der Waals surface area contributed by atoms with Crippen molar-refractivity contribution in [2.24, 2.45) is 11.5 Å². The minimum atomic E-state index is -4.36. The lowest BCUT2D eigenvalue weighted by molar-refractivity contribution is 0.0311. The maximum atomic E-state index is 10.3. The molecule has 0 aromatic carbocycles. The van der Waals surface area contributed by atoms with E-state index in [1.165, 1.54) is 141 Å². The Hall–Kier alpha value is -0.0200. The zero-order valence-corrected chi connectivity index (χ0v) is 36.3. The lowest BCUT2D eigenvalue weighted by atomic mass is 10.1. The number of ether oxygens (including phenoxy) is 4. The summed E-state index contributed by atoms with van der Waals surface area (Å²) in [4.78, 5) is 33.7. The third kappa shape index (κ3) is 66.8. The van der Waals surface area contributed by atoms with Gasteiger partial charge in [0.25, 0.3) is 0 Å². The topological polar surface area (TPSA) is 222 Å². The van der Waals surface area contributed by atoms with Gasteiger partial charge in [-0.2, -0.15) is 0 Å². The number of phosphoric acid groups is 2. The van der Waals surface area contributed by atoms with Gasteiger partial charge >= 0.3 is 15.6 Å². The molecule has 0 rings (SSSR count). The first-order chi connectivity index (χ1) is 26.0. The number of unbranched alkanes of at least 4 members (excludes halogenated alkanes) is 21. The molecule has 54 heavy (non-hydrogen) atoms. The van der Waals surface area contributed by atoms with Crippen LogP contribution in [0.4, 0.5) is 0 Å². The van der Waals surface area contributed by atoms with E-state index in [0.717, 1.165) is 39.1 Å². The molecule has 0 heterocycles. The van der Waals surface area contributed by atoms with E-state index >= 15 is 0 Å². The average molecular weight is 825 g/mol. The lowest BCUT2D eigenvalue weighted by Crippen LogP contribution is -2.09. The summed E-state index contributed by atoms with van der Waals surface area (Å²) in [7, 11) is -8.72. The summed E-state index contributed by atoms with van der Waals surface area (Å²) >= 11 is 0. The molecule has 0 aliphatic heterocycles. The smallest absolute Gasteiger partial charge is 0.379 e. The third-order valence-electron chi connectivity index (χ3n) is 8.16. The van der Waals surface area contributed by atoms with E-state index in [2.05, 4.69) is 22.9 Å². The van der Waals surface area contributed by atoms with Gasteiger partial charge in [0.15, 0.2) is 0 Å². The maximum Gasteiger partial charge on any atom is 0.469 e. The predicted molar refractivity (Wildman–Crippen MR) is 220 cm³/mol. The van der Waals surface area contributed by atoms with E-state index in [1.807, 2.05) is 0 Å². The van der Waals surface area contributed by atoms with Gasteiger partial charge in [-0.05, 0) is 38.8 Å². The number of hydrogen-bond acceptors (Lipinski definition) is 10. The first-order valence-corrected chi connectivity index (χ1v) is 24.2. The average Bonchev–Trinajstić information content (AvgIpc) is 3.12. The van der Waals surface area contributed by atoms with Crippen LogP contribution in [-0.4, -0.2) is 98.7 Å². The largest absolute Gasteiger partial charge is 0.469 e. The van der Waals surface area contributed by atoms with Crippen LogP contribution in [0.5, 0.6) is 0 Å². The van der Waals surface area contributed by atoms with Gasteiger partial charge in [0.2, 0.25) is 0 Å². The second kappa shape index (κ2) is 49.1. The van der Waals surface area contributed by atoms with E-state index in [1.54, 1.807) is 0 Å². The minimum Gasteiger partial charge on any atom is -0.379 e. The van der Waals surface area contributed by atoms with Gasteiger partial charge in [0.1, 0.15) is 0 Å². The molecular weight excluding hydrogens is 738 g/mol. The van der Waals surface area contributed by atoms with Crippen LogP contribution in [0.2, 0.25) is 0 Å². The van der Waals surface area contributed by atoms with E-state index < -0.39 is 15.6 Å². The fraction of sp³-hybridized carbons (Fsp3) is 1.00. The summed E-state index contributed by atoms with van der Waals surface area (Å²) in [5.74, 6) is 0. The highest BCUT2D eigenvalue weighted by molar-refractivity contribution is 7.46. The Balaban J connectivity index is -0.000000736. The van der Waals surface area contributed by atoms with Crippen molar-refractivity contribution < 1.29 is 56.7 Å². The molecule has 0 bridgehead atoms. The second-order valence-corrected chi connectivity index (χ2v) is 15.9. The Morgan fingerprint density at radius 3 is 0.815 bits per heavy atom. The molecule has 0 aliphatic rings. The van der Waals surface area contributed by atoms with Gasteiger partial charge in [-0.15, -0.1) is 0 Å². The number of rotatable bonds is 41. The molecule has 8 N–H and O–H groups in total. The summed E-state index contributed by atoms with van der Waals surface area (Å²) < 4.78 is 50.1. The summed E-state index contributed by atoms with van der Waals surface area (Å²) in [5.41, 5.74) is 10.9. The molecular formula is C38H86N2O12P2. The molecule has 330 valence electrons. The van der Waals surface area contributed by atoms with Gasteiger partial charge in [0, 0.05) is 13.2 Å². The Kier molecular flexibility index (Phi) is 53.0. The molecule has 0 aromatic rings. The van der Waals surface area contributed by atoms with Crippen molar-refractivity contribution in [2.45, 2.75) is 168 Å². The highest BCUT2D eigenvalue weighted by atomic mass is 31.2. The second-order valence-electron chi connectivity index (χ2n) is 13.5. The van der Waals surface area contributed by atoms with Crippen molar-refractivity contribution in [2.75, 3.05) is 79.2 Å². The van der Waals surface area contributed by atoms with Crippen molar-refractivity contribution in [3.8, 4) is 0 Å². The molecule has 0 saturated carbocycles. The molecule has 0 aliphatic carbocycles. The number of nitrogens with two attached hydrogens (primary N) is 2. The van der Waals surface area contributed by atoms with Crippen LogP contribution < -0.4 is 11.5 Å². The third-order valence-corrected chi connectivity index (χ3v) is 9.20. The van der Waals surface area contributed by atoms with E-state index in [9.17, 15) is 9.13 Å². The Morgan fingerprint density at radius 2 is 0.556 bits per heavy atom. The lowest BCUT2D eigenvalue weighted by Gasteiger charge is -2.07. The summed E-state index contributed by atoms with van der Waals surface area (Å²) in [6.07, 6.45) is 31.1. The Morgan fingerprint density at radius 1 is 0.333 bits per heavy atom. The molecule has 0 saturated heterocycles. The standard InChI is InChI=1S/2C13H29O6P.C12H28N2/c2*1-2-3-4-5-6-7-8-9-17-10-11-18-12-13-19-20(14,15)16;13-11-9-7-5-3-1-2-4-6-8-10-12-14/h2*2-13H2,1H3,(H2,14,15,16);1-14H2. The van der Waals surface area contributed by atoms with Gasteiger partial charge in [-0.3, -0.25) is 9.05 Å². The zero-order valence-electron chi connectivity index (χ0n) is 34.6. The normalized spacial score (nSPS) is 11.6. The summed E-state index contributed by atoms with van der Waals surface area (Å²) in [6, 6.07) is 0. The summed E-state index contributed by atoms with van der Waals surface area (Å²) in [5, 5.41) is 0. The van der Waals surface area contributed by atoms with Crippen LogP contribution in [0.1, 0.15) is 168 Å². The van der Waals surface area contributed by atoms with Crippen LogP contribution in [0.3, 0.4) is 0 Å². The molecule has 0 aromatic heterocycles. The molecule has 0 amide bonds. The quantitative estimate of drug-likeness (QED) is 0.0251. The molecule has 0 atom stereocenters. The van der Waals surface area contributed by atoms with Crippen LogP contribution in [0.15, 0.2) is 0 Å². The fourth-order valence-electron chi connectivity index (χ4n) is 5.10. The SMILES string of the molecule is CCCCCCCCCOCCOCCOP(=O)(O)O.CCCCCCCCCOCCOCCOP(=O)(O)O.NCCCCCCCCCCCCN. The molecule has 0 spiro atoms. The molecule has 0 unspecified atom stereocenters. The molecule has 14 nitrogen and oxygen atoms in total. The van der Waals surface area contributed by atoms with Crippen LogP contribution >= 0.6 is 15.6 Å². The van der Waals surface area contributed by atoms with Crippen molar-refractivity contribution in [3.05, 3.63) is 0 Å². The maximum absolute atomic E-state index is 10.3. The first-order valence-electron chi connectivity index (χ1n) is 21.1. The van der Waals surface area contributed by atoms with E-state index in [0.29, 0.717) is 26.4 Å². The van der Waals surface area contributed by atoms with Crippen LogP contribution in [0.25, 0.3) is 0 Å². The van der Waals surface area contributed by atoms with Crippen molar-refractivity contribution >= 4 is 15.6 Å². The molecule has 0 radical (unpaired) electrons. The van der Waals surface area contributed by atoms with Crippen molar-refractivity contribution in [1.29, 1.82) is 0 Å². The van der Waals surface area contributed by atoms with Gasteiger partial charge < -0.3 is 50.0 Å². The molecule has 0 fully saturated rings. The molecule has 16 heteroatoms. The van der Waals surface area contributed by atoms with Crippen LogP contribution in [0, 0.1) is 0 Å². The predicted octanol–water partition coefficient (Wildman–Crippen LogP) is 8.56. The zero-order chi connectivity index (χ0) is 40.7. The van der Waals surface area contributed by atoms with Crippen molar-refractivity contribution in [3.63, 3.8) is 0 Å². The van der Waals surface area contributed by atoms with E-state index in [-0.39, 0.29) is 26.4 Å². The van der Waals surface area contributed by atoms with Gasteiger partial charge in [-0.25, -0.2) is 9.13 Å². The van der Waals surface area contributed by atoms with Crippen molar-refractivity contribution in [1.82, 2.24) is 0 Å². The minimum absolute atomic E-state index is 0.109. The highest BCUT2D eigenvalue weighted by Crippen LogP contribution is 2.35. The van der Waals surface area contributed by atoms with Gasteiger partial charge in [-0.1, -0.05) is 142 Å². The summed E-state index contributed by atoms with van der Waals surface area (Å²) in [6.45, 7) is 9.59. The van der Waals surface area contributed by atoms with Gasteiger partial charge in [0.05, 0.1) is 52.9 Å². The van der Waals surface area contributed by atoms with E-state index in [4.69, 9.17) is 50.0 Å². The fourth-order valence-corrected chi connectivity index (χ4v) is 5.72. The Labute approximate surface area is 330 Å². The Bertz CT molecular complexity index is 717.